The molecule has 0 aliphatic carbocycles. The highest BCUT2D eigenvalue weighted by Gasteiger charge is 2.19. The average Bonchev–Trinajstić information content (AvgIpc) is 2.80. The number of ether oxygens (including phenoxy) is 1. The molecule has 0 aliphatic heterocycles. The first-order valence-electron chi connectivity index (χ1n) is 6.38. The van der Waals surface area contributed by atoms with Gasteiger partial charge in [0.2, 0.25) is 10.0 Å². The quantitative estimate of drug-likeness (QED) is 0.532. The molecule has 0 aromatic carbocycles. The van der Waals surface area contributed by atoms with E-state index in [-0.39, 0.29) is 29.6 Å². The summed E-state index contributed by atoms with van der Waals surface area (Å²) < 4.78 is 33.3. The van der Waals surface area contributed by atoms with Crippen LogP contribution in [0.3, 0.4) is 0 Å². The maximum atomic E-state index is 12.1. The molecule has 7 nitrogen and oxygen atoms in total. The van der Waals surface area contributed by atoms with E-state index in [0.717, 1.165) is 5.57 Å². The second-order valence-electron chi connectivity index (χ2n) is 4.66. The van der Waals surface area contributed by atoms with Gasteiger partial charge in [-0.2, -0.15) is 0 Å². The summed E-state index contributed by atoms with van der Waals surface area (Å²) in [4.78, 5) is 11.6. The van der Waals surface area contributed by atoms with E-state index < -0.39 is 10.0 Å². The lowest BCUT2D eigenvalue weighted by Crippen LogP contribution is -2.27. The summed E-state index contributed by atoms with van der Waals surface area (Å²) in [5.74, 6) is -0.344. The highest BCUT2D eigenvalue weighted by Crippen LogP contribution is 2.13. The maximum absolute atomic E-state index is 12.1. The summed E-state index contributed by atoms with van der Waals surface area (Å²) in [5, 5.41) is 2.45. The van der Waals surface area contributed by atoms with E-state index in [0.29, 0.717) is 6.61 Å². The fraction of sp³-hybridized carbons (Fsp3) is 0.462. The van der Waals surface area contributed by atoms with Crippen molar-refractivity contribution in [1.82, 2.24) is 14.6 Å². The van der Waals surface area contributed by atoms with Crippen LogP contribution in [0.5, 0.6) is 0 Å². The van der Waals surface area contributed by atoms with Gasteiger partial charge >= 0.3 is 0 Å². The minimum Gasteiger partial charge on any atom is -0.376 e. The Morgan fingerprint density at radius 1 is 1.48 bits per heavy atom. The van der Waals surface area contributed by atoms with Gasteiger partial charge in [0.05, 0.1) is 13.2 Å². The molecule has 1 heterocycles. The molecule has 0 radical (unpaired) electrons. The molecule has 0 saturated carbocycles. The topological polar surface area (TPSA) is 89.4 Å². The third-order valence-corrected chi connectivity index (χ3v) is 4.06. The summed E-state index contributed by atoms with van der Waals surface area (Å²) in [6.45, 7) is 6.31. The predicted octanol–water partition coefficient (Wildman–Crippen LogP) is 0.256. The summed E-state index contributed by atoms with van der Waals surface area (Å²) in [6, 6.07) is 1.33. The van der Waals surface area contributed by atoms with Gasteiger partial charge in [-0.3, -0.25) is 4.79 Å². The maximum Gasteiger partial charge on any atom is 0.267 e. The number of aryl methyl sites for hydroxylation is 1. The summed E-state index contributed by atoms with van der Waals surface area (Å²) in [6.07, 6.45) is 1.39. The zero-order valence-corrected chi connectivity index (χ0v) is 13.3. The molecule has 0 atom stereocenters. The Balaban J connectivity index is 2.66. The number of carbonyl (C=O) groups excluding carboxylic acids is 1. The van der Waals surface area contributed by atoms with Gasteiger partial charge in [-0.05, 0) is 13.0 Å². The van der Waals surface area contributed by atoms with Crippen molar-refractivity contribution >= 4 is 15.9 Å². The largest absolute Gasteiger partial charge is 0.376 e. The molecule has 0 spiro atoms. The number of hydrogen-bond donors (Lipinski definition) is 2. The van der Waals surface area contributed by atoms with Crippen LogP contribution in [0.25, 0.3) is 0 Å². The Labute approximate surface area is 125 Å². The van der Waals surface area contributed by atoms with Crippen molar-refractivity contribution in [1.29, 1.82) is 0 Å². The van der Waals surface area contributed by atoms with E-state index >= 15 is 0 Å². The Morgan fingerprint density at radius 2 is 2.14 bits per heavy atom. The van der Waals surface area contributed by atoms with Gasteiger partial charge in [-0.1, -0.05) is 12.2 Å². The second-order valence-corrected chi connectivity index (χ2v) is 6.43. The van der Waals surface area contributed by atoms with Crippen LogP contribution in [0.15, 0.2) is 29.3 Å². The van der Waals surface area contributed by atoms with E-state index in [1.165, 1.54) is 23.9 Å². The van der Waals surface area contributed by atoms with Gasteiger partial charge in [-0.15, -0.1) is 0 Å². The fourth-order valence-corrected chi connectivity index (χ4v) is 2.70. The second kappa shape index (κ2) is 7.39. The van der Waals surface area contributed by atoms with Gasteiger partial charge < -0.3 is 14.6 Å². The molecule has 0 aliphatic rings. The van der Waals surface area contributed by atoms with Gasteiger partial charge in [0.25, 0.3) is 5.91 Å². The third kappa shape index (κ3) is 5.00. The molecule has 1 aromatic rings. The van der Waals surface area contributed by atoms with E-state index in [9.17, 15) is 13.2 Å². The molecule has 1 amide bonds. The molecule has 0 saturated heterocycles. The van der Waals surface area contributed by atoms with Crippen LogP contribution in [0, 0.1) is 0 Å². The lowest BCUT2D eigenvalue weighted by molar-refractivity contribution is 0.0955. The first kappa shape index (κ1) is 17.4. The summed E-state index contributed by atoms with van der Waals surface area (Å²) in [5.41, 5.74) is 1.15. The highest BCUT2D eigenvalue weighted by atomic mass is 32.2. The average molecular weight is 315 g/mol. The number of rotatable bonds is 8. The van der Waals surface area contributed by atoms with Crippen LogP contribution in [0.1, 0.15) is 17.4 Å². The van der Waals surface area contributed by atoms with Crippen molar-refractivity contribution in [3.8, 4) is 0 Å². The zero-order chi connectivity index (χ0) is 16.0. The Morgan fingerprint density at radius 3 is 2.71 bits per heavy atom. The first-order chi connectivity index (χ1) is 9.77. The number of carbonyl (C=O) groups is 1. The first-order valence-corrected chi connectivity index (χ1v) is 7.86. The number of nitrogens with one attached hydrogen (secondary N) is 2. The minimum atomic E-state index is -3.66. The SMILES string of the molecule is C=C(C)COCCNS(=O)(=O)c1cc(C(=O)NC)n(C)c1. The van der Waals surface area contributed by atoms with E-state index in [1.54, 1.807) is 7.05 Å². The van der Waals surface area contributed by atoms with E-state index in [1.807, 2.05) is 6.92 Å². The van der Waals surface area contributed by atoms with Crippen molar-refractivity contribution in [2.24, 2.45) is 7.05 Å². The molecular formula is C13H21N3O4S. The molecule has 0 unspecified atom stereocenters. The van der Waals surface area contributed by atoms with Crippen molar-refractivity contribution in [2.45, 2.75) is 11.8 Å². The third-order valence-electron chi connectivity index (χ3n) is 2.64. The molecule has 118 valence electrons. The van der Waals surface area contributed by atoms with Crippen LogP contribution in [-0.4, -0.2) is 45.7 Å². The van der Waals surface area contributed by atoms with E-state index in [2.05, 4.69) is 16.6 Å². The van der Waals surface area contributed by atoms with E-state index in [4.69, 9.17) is 4.74 Å². The molecule has 8 heteroatoms. The lowest BCUT2D eigenvalue weighted by atomic mass is 10.4. The van der Waals surface area contributed by atoms with Crippen LogP contribution in [0.2, 0.25) is 0 Å². The van der Waals surface area contributed by atoms with Crippen LogP contribution in [0.4, 0.5) is 0 Å². The van der Waals surface area contributed by atoms with Crippen LogP contribution in [-0.2, 0) is 21.8 Å². The normalized spacial score (nSPS) is 11.4. The Kier molecular flexibility index (Phi) is 6.13. The van der Waals surface area contributed by atoms with Gasteiger partial charge in [0, 0.05) is 26.8 Å². The molecule has 2 N–H and O–H groups in total. The number of aromatic nitrogens is 1. The molecule has 1 aromatic heterocycles. The zero-order valence-electron chi connectivity index (χ0n) is 12.5. The van der Waals surface area contributed by atoms with Gasteiger partial charge in [0.1, 0.15) is 10.6 Å². The number of hydrogen-bond acceptors (Lipinski definition) is 4. The van der Waals surface area contributed by atoms with Crippen LogP contribution < -0.4 is 10.0 Å². The van der Waals surface area contributed by atoms with Crippen molar-refractivity contribution in [3.05, 3.63) is 30.1 Å². The predicted molar refractivity (Wildman–Crippen MR) is 79.6 cm³/mol. The lowest BCUT2D eigenvalue weighted by Gasteiger charge is -2.06. The summed E-state index contributed by atoms with van der Waals surface area (Å²) >= 11 is 0. The standard InChI is InChI=1S/C13H21N3O4S/c1-10(2)9-20-6-5-15-21(18,19)11-7-12(13(17)14-3)16(4)8-11/h7-8,15H,1,5-6,9H2,2-4H3,(H,14,17). The fourth-order valence-electron chi connectivity index (χ4n) is 1.61. The molecule has 0 fully saturated rings. The Bertz CT molecular complexity index is 619. The number of amides is 1. The van der Waals surface area contributed by atoms with Gasteiger partial charge in [0.15, 0.2) is 0 Å². The smallest absolute Gasteiger partial charge is 0.267 e. The van der Waals surface area contributed by atoms with Crippen molar-refractivity contribution in [2.75, 3.05) is 26.8 Å². The molecular weight excluding hydrogens is 294 g/mol. The van der Waals surface area contributed by atoms with Gasteiger partial charge in [-0.25, -0.2) is 13.1 Å². The van der Waals surface area contributed by atoms with Crippen LogP contribution >= 0.6 is 0 Å². The molecule has 21 heavy (non-hydrogen) atoms. The molecule has 0 bridgehead atoms. The monoisotopic (exact) mass is 315 g/mol. The number of sulfonamides is 1. The van der Waals surface area contributed by atoms with Crippen molar-refractivity contribution in [3.63, 3.8) is 0 Å². The van der Waals surface area contributed by atoms with Crippen molar-refractivity contribution < 1.29 is 17.9 Å². The Hall–Kier alpha value is -1.64. The minimum absolute atomic E-state index is 0.0449. The molecule has 1 rings (SSSR count). The highest BCUT2D eigenvalue weighted by molar-refractivity contribution is 7.89. The summed E-state index contributed by atoms with van der Waals surface area (Å²) in [7, 11) is -0.560. The number of nitrogens with zero attached hydrogens (tertiary/aromatic N) is 1.